The third-order valence-corrected chi connectivity index (χ3v) is 3.35. The maximum absolute atomic E-state index is 11.0. The molecule has 0 spiro atoms. The third kappa shape index (κ3) is 5.24. The summed E-state index contributed by atoms with van der Waals surface area (Å²) in [6.45, 7) is 0. The second-order valence-corrected chi connectivity index (χ2v) is 4.72. The molecule has 2 nitrogen and oxygen atoms in total. The Morgan fingerprint density at radius 2 is 1.47 bits per heavy atom. The Kier molecular flexibility index (Phi) is 5.81. The lowest BCUT2D eigenvalue weighted by Crippen LogP contribution is -2.13. The Bertz CT molecular complexity index is 194. The molecule has 0 aromatic rings. The van der Waals surface area contributed by atoms with E-state index >= 15 is 0 Å². The van der Waals surface area contributed by atoms with E-state index < -0.39 is 5.97 Å². The molecule has 84 valence electrons. The standard InChI is InChI=1S/C12H21BO2/c13-11-8-4-2-1-3-6-10(12(14)15)7-5-9-11/h10-11H,1-9H2,(H,14,15). The summed E-state index contributed by atoms with van der Waals surface area (Å²) in [7, 11) is 5.95. The van der Waals surface area contributed by atoms with E-state index in [0.717, 1.165) is 44.9 Å². The summed E-state index contributed by atoms with van der Waals surface area (Å²) >= 11 is 0. The Labute approximate surface area is 93.9 Å². The lowest BCUT2D eigenvalue weighted by molar-refractivity contribution is -0.142. The van der Waals surface area contributed by atoms with Gasteiger partial charge >= 0.3 is 5.97 Å². The van der Waals surface area contributed by atoms with Crippen LogP contribution in [0.4, 0.5) is 0 Å². The number of aliphatic carboxylic acids is 1. The van der Waals surface area contributed by atoms with Gasteiger partial charge in [0.2, 0.25) is 0 Å². The first-order chi connectivity index (χ1) is 7.20. The van der Waals surface area contributed by atoms with Crippen molar-refractivity contribution in [2.45, 2.75) is 63.6 Å². The second kappa shape index (κ2) is 6.92. The highest BCUT2D eigenvalue weighted by molar-refractivity contribution is 6.11. The van der Waals surface area contributed by atoms with Crippen molar-refractivity contribution in [1.82, 2.24) is 0 Å². The summed E-state index contributed by atoms with van der Waals surface area (Å²) < 4.78 is 0. The minimum atomic E-state index is -0.622. The lowest BCUT2D eigenvalue weighted by atomic mass is 9.79. The van der Waals surface area contributed by atoms with E-state index in [2.05, 4.69) is 0 Å². The highest BCUT2D eigenvalue weighted by Gasteiger charge is 2.17. The van der Waals surface area contributed by atoms with Gasteiger partial charge in [-0.2, -0.15) is 0 Å². The molecule has 0 aromatic heterocycles. The molecule has 2 unspecified atom stereocenters. The van der Waals surface area contributed by atoms with Crippen LogP contribution in [0.2, 0.25) is 5.82 Å². The molecule has 0 saturated heterocycles. The number of carboxylic acids is 1. The Hall–Kier alpha value is -0.465. The normalized spacial score (nSPS) is 30.4. The van der Waals surface area contributed by atoms with Crippen molar-refractivity contribution in [2.75, 3.05) is 0 Å². The van der Waals surface area contributed by atoms with Crippen molar-refractivity contribution in [3.05, 3.63) is 0 Å². The van der Waals surface area contributed by atoms with Gasteiger partial charge in [-0.3, -0.25) is 4.79 Å². The zero-order chi connectivity index (χ0) is 11.1. The average Bonchev–Trinajstić information content (AvgIpc) is 2.23. The van der Waals surface area contributed by atoms with E-state index in [9.17, 15) is 4.79 Å². The first-order valence-electron chi connectivity index (χ1n) is 6.18. The highest BCUT2D eigenvalue weighted by atomic mass is 16.4. The third-order valence-electron chi connectivity index (χ3n) is 3.35. The molecule has 0 amide bonds. The predicted octanol–water partition coefficient (Wildman–Crippen LogP) is 3.17. The van der Waals surface area contributed by atoms with Gasteiger partial charge in [0.15, 0.2) is 0 Å². The molecule has 3 heteroatoms. The van der Waals surface area contributed by atoms with Crippen molar-refractivity contribution in [1.29, 1.82) is 0 Å². The van der Waals surface area contributed by atoms with Gasteiger partial charge < -0.3 is 5.11 Å². The Morgan fingerprint density at radius 3 is 2.13 bits per heavy atom. The van der Waals surface area contributed by atoms with Gasteiger partial charge in [0.1, 0.15) is 0 Å². The molecule has 1 aliphatic carbocycles. The van der Waals surface area contributed by atoms with E-state index in [1.54, 1.807) is 0 Å². The molecule has 0 aromatic carbocycles. The van der Waals surface area contributed by atoms with E-state index in [-0.39, 0.29) is 11.7 Å². The molecule has 2 atom stereocenters. The quantitative estimate of drug-likeness (QED) is 0.672. The molecule has 0 aliphatic heterocycles. The van der Waals surface area contributed by atoms with Crippen molar-refractivity contribution >= 4 is 13.8 Å². The van der Waals surface area contributed by atoms with E-state index in [1.165, 1.54) is 12.8 Å². The average molecular weight is 208 g/mol. The van der Waals surface area contributed by atoms with Crippen LogP contribution in [0.25, 0.3) is 0 Å². The van der Waals surface area contributed by atoms with Crippen LogP contribution in [0, 0.1) is 5.92 Å². The monoisotopic (exact) mass is 208 g/mol. The number of carboxylic acid groups (broad SMARTS) is 1. The van der Waals surface area contributed by atoms with E-state index in [4.69, 9.17) is 13.0 Å². The zero-order valence-corrected chi connectivity index (χ0v) is 9.45. The molecule has 15 heavy (non-hydrogen) atoms. The molecule has 0 heterocycles. The van der Waals surface area contributed by atoms with Gasteiger partial charge in [-0.1, -0.05) is 50.8 Å². The summed E-state index contributed by atoms with van der Waals surface area (Å²) in [5.74, 6) is -0.462. The minimum absolute atomic E-state index is 0.129. The molecular weight excluding hydrogens is 187 g/mol. The van der Waals surface area contributed by atoms with E-state index in [0.29, 0.717) is 0 Å². The molecule has 1 N–H and O–H groups in total. The van der Waals surface area contributed by atoms with Gasteiger partial charge in [-0.25, -0.2) is 0 Å². The summed E-state index contributed by atoms with van der Waals surface area (Å²) in [6.07, 6.45) is 9.37. The fourth-order valence-corrected chi connectivity index (χ4v) is 2.31. The summed E-state index contributed by atoms with van der Waals surface area (Å²) in [6, 6.07) is 0. The van der Waals surface area contributed by atoms with E-state index in [1.807, 2.05) is 0 Å². The van der Waals surface area contributed by atoms with Gasteiger partial charge in [-0.15, -0.1) is 0 Å². The maximum Gasteiger partial charge on any atom is 0.306 e. The summed E-state index contributed by atoms with van der Waals surface area (Å²) in [5, 5.41) is 9.02. The molecule has 1 aliphatic rings. The van der Waals surface area contributed by atoms with Crippen LogP contribution in [-0.2, 0) is 4.79 Å². The van der Waals surface area contributed by atoms with Crippen LogP contribution in [-0.4, -0.2) is 18.9 Å². The number of hydrogen-bond acceptors (Lipinski definition) is 1. The van der Waals surface area contributed by atoms with Crippen LogP contribution in [0.15, 0.2) is 0 Å². The largest absolute Gasteiger partial charge is 0.481 e. The number of carbonyl (C=O) groups is 1. The zero-order valence-electron chi connectivity index (χ0n) is 9.45. The first-order valence-corrected chi connectivity index (χ1v) is 6.18. The lowest BCUT2D eigenvalue weighted by Gasteiger charge is -2.12. The molecule has 2 radical (unpaired) electrons. The van der Waals surface area contributed by atoms with Gasteiger partial charge in [0.25, 0.3) is 0 Å². The predicted molar refractivity (Wildman–Crippen MR) is 62.2 cm³/mol. The van der Waals surface area contributed by atoms with Crippen LogP contribution >= 0.6 is 0 Å². The number of hydrogen-bond donors (Lipinski definition) is 1. The maximum atomic E-state index is 11.0. The van der Waals surface area contributed by atoms with Crippen molar-refractivity contribution in [3.8, 4) is 0 Å². The Balaban J connectivity index is 2.38. The molecule has 1 rings (SSSR count). The highest BCUT2D eigenvalue weighted by Crippen LogP contribution is 2.25. The van der Waals surface area contributed by atoms with Crippen molar-refractivity contribution < 1.29 is 9.90 Å². The molecule has 1 saturated carbocycles. The molecule has 1 fully saturated rings. The van der Waals surface area contributed by atoms with Gasteiger partial charge in [0, 0.05) is 0 Å². The summed E-state index contributed by atoms with van der Waals surface area (Å²) in [4.78, 5) is 11.0. The summed E-state index contributed by atoms with van der Waals surface area (Å²) in [5.41, 5.74) is 0. The number of rotatable bonds is 1. The van der Waals surface area contributed by atoms with Crippen LogP contribution in [0.1, 0.15) is 57.8 Å². The Morgan fingerprint density at radius 1 is 0.933 bits per heavy atom. The van der Waals surface area contributed by atoms with Gasteiger partial charge in [0.05, 0.1) is 13.8 Å². The van der Waals surface area contributed by atoms with Crippen LogP contribution in [0.5, 0.6) is 0 Å². The van der Waals surface area contributed by atoms with Crippen LogP contribution in [0.3, 0.4) is 0 Å². The fraction of sp³-hybridized carbons (Fsp3) is 0.917. The SMILES string of the molecule is [B]C1CCCCCCC(C(=O)O)CCC1. The van der Waals surface area contributed by atoms with Crippen LogP contribution < -0.4 is 0 Å². The smallest absolute Gasteiger partial charge is 0.306 e. The van der Waals surface area contributed by atoms with Crippen molar-refractivity contribution in [3.63, 3.8) is 0 Å². The topological polar surface area (TPSA) is 37.3 Å². The molecule has 0 bridgehead atoms. The fourth-order valence-electron chi connectivity index (χ4n) is 2.31. The van der Waals surface area contributed by atoms with Gasteiger partial charge in [-0.05, 0) is 12.8 Å². The minimum Gasteiger partial charge on any atom is -0.481 e. The second-order valence-electron chi connectivity index (χ2n) is 4.72. The first kappa shape index (κ1) is 12.6. The molecular formula is C12H21BO2. The van der Waals surface area contributed by atoms with Crippen molar-refractivity contribution in [2.24, 2.45) is 5.92 Å².